The fraction of sp³-hybridized carbons (Fsp3) is 0.625. The second-order valence-corrected chi connectivity index (χ2v) is 6.51. The molecule has 0 amide bonds. The van der Waals surface area contributed by atoms with E-state index in [0.29, 0.717) is 5.92 Å². The maximum atomic E-state index is 13.9. The van der Waals surface area contributed by atoms with E-state index in [0.717, 1.165) is 35.5 Å². The van der Waals surface area contributed by atoms with Crippen molar-refractivity contribution >= 4 is 15.9 Å². The van der Waals surface area contributed by atoms with Gasteiger partial charge in [-0.3, -0.25) is 0 Å². The van der Waals surface area contributed by atoms with Crippen LogP contribution in [0.5, 0.6) is 0 Å². The molecule has 1 fully saturated rings. The lowest BCUT2D eigenvalue weighted by atomic mass is 9.89. The summed E-state index contributed by atoms with van der Waals surface area (Å²) in [6.45, 7) is 4.38. The third-order valence-electron chi connectivity index (χ3n) is 4.15. The summed E-state index contributed by atoms with van der Waals surface area (Å²) in [5.41, 5.74) is 0.871. The Morgan fingerprint density at radius 1 is 1.32 bits per heavy atom. The van der Waals surface area contributed by atoms with Gasteiger partial charge in [0.1, 0.15) is 5.82 Å². The van der Waals surface area contributed by atoms with Crippen molar-refractivity contribution in [3.63, 3.8) is 0 Å². The minimum atomic E-state index is -0.0680. The monoisotopic (exact) mass is 327 g/mol. The van der Waals surface area contributed by atoms with E-state index in [9.17, 15) is 4.39 Å². The van der Waals surface area contributed by atoms with Crippen molar-refractivity contribution in [1.82, 2.24) is 5.32 Å². The standard InChI is InChI=1S/C16H23BrFN/c1-2-8-19-11-14-5-3-4-12(14)9-13-6-7-15(17)10-16(13)18/h6-7,10,12,14,19H,2-5,8-9,11H2,1H3. The number of halogens is 2. The van der Waals surface area contributed by atoms with Gasteiger partial charge in [0.05, 0.1) is 0 Å². The van der Waals surface area contributed by atoms with Gasteiger partial charge in [0, 0.05) is 4.47 Å². The third kappa shape index (κ3) is 4.28. The summed E-state index contributed by atoms with van der Waals surface area (Å²) in [5, 5.41) is 3.52. The van der Waals surface area contributed by atoms with Crippen molar-refractivity contribution in [2.24, 2.45) is 11.8 Å². The Balaban J connectivity index is 1.93. The number of hydrogen-bond donors (Lipinski definition) is 1. The van der Waals surface area contributed by atoms with Gasteiger partial charge < -0.3 is 5.32 Å². The van der Waals surface area contributed by atoms with E-state index in [2.05, 4.69) is 28.2 Å². The van der Waals surface area contributed by atoms with Gasteiger partial charge in [0.2, 0.25) is 0 Å². The van der Waals surface area contributed by atoms with Crippen molar-refractivity contribution < 1.29 is 4.39 Å². The summed E-state index contributed by atoms with van der Waals surface area (Å²) in [6.07, 6.45) is 5.89. The maximum absolute atomic E-state index is 13.9. The van der Waals surface area contributed by atoms with Gasteiger partial charge >= 0.3 is 0 Å². The Labute approximate surface area is 124 Å². The van der Waals surface area contributed by atoms with E-state index in [-0.39, 0.29) is 5.82 Å². The molecule has 0 heterocycles. The fourth-order valence-corrected chi connectivity index (χ4v) is 3.42. The maximum Gasteiger partial charge on any atom is 0.127 e. The highest BCUT2D eigenvalue weighted by Crippen LogP contribution is 2.34. The predicted octanol–water partition coefficient (Wildman–Crippen LogP) is 4.55. The van der Waals surface area contributed by atoms with E-state index < -0.39 is 0 Å². The zero-order chi connectivity index (χ0) is 13.7. The predicted molar refractivity (Wildman–Crippen MR) is 81.8 cm³/mol. The molecule has 2 rings (SSSR count). The first-order valence-corrected chi connectivity index (χ1v) is 8.14. The smallest absolute Gasteiger partial charge is 0.127 e. The summed E-state index contributed by atoms with van der Waals surface area (Å²) < 4.78 is 14.7. The molecule has 0 aliphatic heterocycles. The van der Waals surface area contributed by atoms with Crippen LogP contribution in [0.2, 0.25) is 0 Å². The van der Waals surface area contributed by atoms with Gasteiger partial charge in [0.25, 0.3) is 0 Å². The topological polar surface area (TPSA) is 12.0 Å². The van der Waals surface area contributed by atoms with Gasteiger partial charge in [-0.1, -0.05) is 35.3 Å². The molecule has 0 saturated heterocycles. The lowest BCUT2D eigenvalue weighted by Gasteiger charge is -2.20. The quantitative estimate of drug-likeness (QED) is 0.756. The first kappa shape index (κ1) is 15.0. The molecule has 2 unspecified atom stereocenters. The van der Waals surface area contributed by atoms with Crippen LogP contribution in [0.15, 0.2) is 22.7 Å². The minimum Gasteiger partial charge on any atom is -0.316 e. The highest BCUT2D eigenvalue weighted by atomic mass is 79.9. The first-order chi connectivity index (χ1) is 9.20. The summed E-state index contributed by atoms with van der Waals surface area (Å²) in [7, 11) is 0. The molecule has 0 aromatic heterocycles. The molecule has 1 aromatic carbocycles. The first-order valence-electron chi connectivity index (χ1n) is 7.35. The molecule has 1 aliphatic rings. The highest BCUT2D eigenvalue weighted by molar-refractivity contribution is 9.10. The van der Waals surface area contributed by atoms with Crippen molar-refractivity contribution in [3.05, 3.63) is 34.1 Å². The van der Waals surface area contributed by atoms with Crippen LogP contribution in [-0.2, 0) is 6.42 Å². The lowest BCUT2D eigenvalue weighted by Crippen LogP contribution is -2.26. The van der Waals surface area contributed by atoms with Crippen LogP contribution in [0.25, 0.3) is 0 Å². The fourth-order valence-electron chi connectivity index (χ4n) is 3.09. The van der Waals surface area contributed by atoms with Gasteiger partial charge in [-0.25, -0.2) is 4.39 Å². The van der Waals surface area contributed by atoms with Crippen molar-refractivity contribution in [2.45, 2.75) is 39.0 Å². The molecule has 19 heavy (non-hydrogen) atoms. The minimum absolute atomic E-state index is 0.0680. The van der Waals surface area contributed by atoms with E-state index in [4.69, 9.17) is 0 Å². The number of rotatable bonds is 6. The SMILES string of the molecule is CCCNCC1CCCC1Cc1ccc(Br)cc1F. The molecular formula is C16H23BrFN. The van der Waals surface area contributed by atoms with E-state index in [1.54, 1.807) is 6.07 Å². The Morgan fingerprint density at radius 3 is 2.84 bits per heavy atom. The van der Waals surface area contributed by atoms with E-state index in [1.165, 1.54) is 25.7 Å². The average molecular weight is 328 g/mol. The Hall–Kier alpha value is -0.410. The summed E-state index contributed by atoms with van der Waals surface area (Å²) in [5.74, 6) is 1.29. The summed E-state index contributed by atoms with van der Waals surface area (Å²) in [6, 6.07) is 5.45. The Morgan fingerprint density at radius 2 is 2.11 bits per heavy atom. The van der Waals surface area contributed by atoms with Crippen LogP contribution in [0.3, 0.4) is 0 Å². The van der Waals surface area contributed by atoms with Crippen LogP contribution < -0.4 is 5.32 Å². The normalized spacial score (nSPS) is 22.9. The molecule has 1 N–H and O–H groups in total. The van der Waals surface area contributed by atoms with Gasteiger partial charge in [-0.15, -0.1) is 0 Å². The van der Waals surface area contributed by atoms with Crippen LogP contribution in [0.1, 0.15) is 38.2 Å². The van der Waals surface area contributed by atoms with Gasteiger partial charge in [-0.05, 0) is 68.3 Å². The number of hydrogen-bond acceptors (Lipinski definition) is 1. The number of nitrogens with one attached hydrogen (secondary N) is 1. The highest BCUT2D eigenvalue weighted by Gasteiger charge is 2.27. The molecular weight excluding hydrogens is 305 g/mol. The summed E-state index contributed by atoms with van der Waals surface area (Å²) in [4.78, 5) is 0. The molecule has 1 saturated carbocycles. The Bertz CT molecular complexity index is 408. The van der Waals surface area contributed by atoms with Crippen LogP contribution in [0.4, 0.5) is 4.39 Å². The third-order valence-corrected chi connectivity index (χ3v) is 4.64. The molecule has 0 spiro atoms. The second-order valence-electron chi connectivity index (χ2n) is 5.60. The summed E-state index contributed by atoms with van der Waals surface area (Å²) >= 11 is 3.31. The molecule has 0 radical (unpaired) electrons. The Kier molecular flexibility index (Phi) is 5.83. The molecule has 106 valence electrons. The van der Waals surface area contributed by atoms with Crippen molar-refractivity contribution in [1.29, 1.82) is 0 Å². The zero-order valence-electron chi connectivity index (χ0n) is 11.6. The van der Waals surface area contributed by atoms with Crippen LogP contribution in [-0.4, -0.2) is 13.1 Å². The molecule has 3 heteroatoms. The molecule has 1 aromatic rings. The van der Waals surface area contributed by atoms with Gasteiger partial charge in [-0.2, -0.15) is 0 Å². The van der Waals surface area contributed by atoms with Crippen LogP contribution in [0, 0.1) is 17.7 Å². The van der Waals surface area contributed by atoms with Crippen molar-refractivity contribution in [3.8, 4) is 0 Å². The van der Waals surface area contributed by atoms with Gasteiger partial charge in [0.15, 0.2) is 0 Å². The molecule has 1 aliphatic carbocycles. The van der Waals surface area contributed by atoms with E-state index in [1.807, 2.05) is 12.1 Å². The molecule has 1 nitrogen and oxygen atoms in total. The molecule has 0 bridgehead atoms. The van der Waals surface area contributed by atoms with Crippen LogP contribution >= 0.6 is 15.9 Å². The molecule has 2 atom stereocenters. The largest absolute Gasteiger partial charge is 0.316 e. The second kappa shape index (κ2) is 7.39. The zero-order valence-corrected chi connectivity index (χ0v) is 13.2. The van der Waals surface area contributed by atoms with Crippen molar-refractivity contribution in [2.75, 3.05) is 13.1 Å². The average Bonchev–Trinajstić information content (AvgIpc) is 2.81. The van der Waals surface area contributed by atoms with E-state index >= 15 is 0 Å². The lowest BCUT2D eigenvalue weighted by molar-refractivity contribution is 0.361. The number of benzene rings is 1.